The minimum atomic E-state index is -0.212. The van der Waals surface area contributed by atoms with Gasteiger partial charge in [-0.15, -0.1) is 0 Å². The van der Waals surface area contributed by atoms with Crippen LogP contribution in [-0.2, 0) is 6.61 Å². The second kappa shape index (κ2) is 7.38. The zero-order valence-electron chi connectivity index (χ0n) is 12.2. The van der Waals surface area contributed by atoms with Gasteiger partial charge in [0, 0.05) is 12.1 Å². The lowest BCUT2D eigenvalue weighted by Gasteiger charge is -2.11. The molecule has 0 aliphatic carbocycles. The second-order valence-corrected chi connectivity index (χ2v) is 4.80. The Bertz CT molecular complexity index is 587. The van der Waals surface area contributed by atoms with E-state index >= 15 is 0 Å². The SMILES string of the molecule is CCC(C)NC(=O)c1cc(OCc2ccccc2)ncn1. The zero-order valence-corrected chi connectivity index (χ0v) is 12.2. The number of benzene rings is 1. The first-order valence-corrected chi connectivity index (χ1v) is 6.98. The van der Waals surface area contributed by atoms with Crippen LogP contribution in [0.1, 0.15) is 36.3 Å². The molecule has 5 nitrogen and oxygen atoms in total. The number of rotatable bonds is 6. The molecule has 1 atom stereocenters. The summed E-state index contributed by atoms with van der Waals surface area (Å²) in [6.45, 7) is 4.37. The number of ether oxygens (including phenoxy) is 1. The largest absolute Gasteiger partial charge is 0.473 e. The van der Waals surface area contributed by atoms with Gasteiger partial charge in [-0.25, -0.2) is 9.97 Å². The van der Waals surface area contributed by atoms with E-state index in [1.807, 2.05) is 44.2 Å². The third-order valence-electron chi connectivity index (χ3n) is 3.09. The van der Waals surface area contributed by atoms with E-state index in [2.05, 4.69) is 15.3 Å². The maximum Gasteiger partial charge on any atom is 0.270 e. The fourth-order valence-electron chi connectivity index (χ4n) is 1.67. The van der Waals surface area contributed by atoms with Gasteiger partial charge in [-0.3, -0.25) is 4.79 Å². The van der Waals surface area contributed by atoms with Gasteiger partial charge in [-0.2, -0.15) is 0 Å². The van der Waals surface area contributed by atoms with Gasteiger partial charge in [-0.05, 0) is 18.9 Å². The Morgan fingerprint density at radius 1 is 1.29 bits per heavy atom. The van der Waals surface area contributed by atoms with Crippen LogP contribution < -0.4 is 10.1 Å². The lowest BCUT2D eigenvalue weighted by Crippen LogP contribution is -2.32. The molecule has 0 spiro atoms. The molecule has 0 saturated heterocycles. The molecule has 5 heteroatoms. The fourth-order valence-corrected chi connectivity index (χ4v) is 1.67. The van der Waals surface area contributed by atoms with Gasteiger partial charge < -0.3 is 10.1 Å². The normalized spacial score (nSPS) is 11.7. The van der Waals surface area contributed by atoms with Gasteiger partial charge in [0.1, 0.15) is 18.6 Å². The Balaban J connectivity index is 1.99. The quantitative estimate of drug-likeness (QED) is 0.886. The van der Waals surface area contributed by atoms with Gasteiger partial charge in [-0.1, -0.05) is 37.3 Å². The van der Waals surface area contributed by atoms with Crippen molar-refractivity contribution < 1.29 is 9.53 Å². The van der Waals surface area contributed by atoms with E-state index in [4.69, 9.17) is 4.74 Å². The van der Waals surface area contributed by atoms with Crippen LogP contribution in [0.2, 0.25) is 0 Å². The van der Waals surface area contributed by atoms with E-state index < -0.39 is 0 Å². The minimum absolute atomic E-state index is 0.112. The molecule has 0 saturated carbocycles. The molecule has 0 aliphatic rings. The second-order valence-electron chi connectivity index (χ2n) is 4.80. The summed E-state index contributed by atoms with van der Waals surface area (Å²) in [5, 5.41) is 2.86. The molecule has 1 unspecified atom stereocenters. The summed E-state index contributed by atoms with van der Waals surface area (Å²) in [7, 11) is 0. The van der Waals surface area contributed by atoms with Crippen molar-refractivity contribution in [2.24, 2.45) is 0 Å². The smallest absolute Gasteiger partial charge is 0.270 e. The number of nitrogens with zero attached hydrogens (tertiary/aromatic N) is 2. The van der Waals surface area contributed by atoms with Crippen LogP contribution in [0, 0.1) is 0 Å². The molecule has 2 aromatic rings. The Labute approximate surface area is 124 Å². The Morgan fingerprint density at radius 3 is 2.76 bits per heavy atom. The number of amides is 1. The van der Waals surface area contributed by atoms with Gasteiger partial charge in [0.2, 0.25) is 5.88 Å². The summed E-state index contributed by atoms with van der Waals surface area (Å²) in [6, 6.07) is 11.5. The third-order valence-corrected chi connectivity index (χ3v) is 3.09. The van der Waals surface area contributed by atoms with Crippen LogP contribution >= 0.6 is 0 Å². The maximum absolute atomic E-state index is 12.0. The van der Waals surface area contributed by atoms with E-state index in [0.29, 0.717) is 18.2 Å². The van der Waals surface area contributed by atoms with E-state index in [0.717, 1.165) is 12.0 Å². The number of carbonyl (C=O) groups is 1. The minimum Gasteiger partial charge on any atom is -0.473 e. The first-order chi connectivity index (χ1) is 10.2. The van der Waals surface area contributed by atoms with E-state index in [1.54, 1.807) is 6.07 Å². The number of aromatic nitrogens is 2. The van der Waals surface area contributed by atoms with Crippen molar-refractivity contribution in [3.05, 3.63) is 54.0 Å². The molecule has 1 heterocycles. The van der Waals surface area contributed by atoms with Crippen molar-refractivity contribution >= 4 is 5.91 Å². The van der Waals surface area contributed by atoms with Crippen LogP contribution in [0.5, 0.6) is 5.88 Å². The average Bonchev–Trinajstić information content (AvgIpc) is 2.54. The Hall–Kier alpha value is -2.43. The zero-order chi connectivity index (χ0) is 15.1. The monoisotopic (exact) mass is 285 g/mol. The van der Waals surface area contributed by atoms with E-state index in [-0.39, 0.29) is 11.9 Å². The summed E-state index contributed by atoms with van der Waals surface area (Å²) in [5.41, 5.74) is 1.36. The molecule has 0 aliphatic heterocycles. The molecule has 1 N–H and O–H groups in total. The molecule has 2 rings (SSSR count). The van der Waals surface area contributed by atoms with Crippen molar-refractivity contribution in [3.8, 4) is 5.88 Å². The standard InChI is InChI=1S/C16H19N3O2/c1-3-12(2)19-16(20)14-9-15(18-11-17-14)21-10-13-7-5-4-6-8-13/h4-9,11-12H,3,10H2,1-2H3,(H,19,20). The highest BCUT2D eigenvalue weighted by molar-refractivity contribution is 5.92. The molecule has 1 amide bonds. The molecule has 0 bridgehead atoms. The Morgan fingerprint density at radius 2 is 2.05 bits per heavy atom. The predicted octanol–water partition coefficient (Wildman–Crippen LogP) is 2.58. The van der Waals surface area contributed by atoms with Gasteiger partial charge in [0.05, 0.1) is 0 Å². The van der Waals surface area contributed by atoms with Crippen molar-refractivity contribution in [2.75, 3.05) is 0 Å². The highest BCUT2D eigenvalue weighted by Crippen LogP contribution is 2.10. The lowest BCUT2D eigenvalue weighted by atomic mass is 10.2. The highest BCUT2D eigenvalue weighted by Gasteiger charge is 2.11. The number of hydrogen-bond acceptors (Lipinski definition) is 4. The molecule has 1 aromatic heterocycles. The summed E-state index contributed by atoms with van der Waals surface area (Å²) < 4.78 is 5.58. The van der Waals surface area contributed by atoms with Gasteiger partial charge >= 0.3 is 0 Å². The maximum atomic E-state index is 12.0. The molecule has 0 fully saturated rings. The number of carbonyl (C=O) groups excluding carboxylic acids is 1. The van der Waals surface area contributed by atoms with Crippen molar-refractivity contribution in [3.63, 3.8) is 0 Å². The molecule has 1 aromatic carbocycles. The van der Waals surface area contributed by atoms with Crippen molar-refractivity contribution in [1.29, 1.82) is 0 Å². The average molecular weight is 285 g/mol. The molecular formula is C16H19N3O2. The number of nitrogens with one attached hydrogen (secondary N) is 1. The fraction of sp³-hybridized carbons (Fsp3) is 0.312. The van der Waals surface area contributed by atoms with E-state index in [1.165, 1.54) is 6.33 Å². The van der Waals surface area contributed by atoms with Crippen molar-refractivity contribution in [1.82, 2.24) is 15.3 Å². The topological polar surface area (TPSA) is 64.1 Å². The molecular weight excluding hydrogens is 266 g/mol. The van der Waals surface area contributed by atoms with Crippen LogP contribution in [0.15, 0.2) is 42.7 Å². The summed E-state index contributed by atoms with van der Waals surface area (Å²) in [5.74, 6) is 0.180. The summed E-state index contributed by atoms with van der Waals surface area (Å²) in [4.78, 5) is 20.0. The van der Waals surface area contributed by atoms with Gasteiger partial charge in [0.25, 0.3) is 5.91 Å². The summed E-state index contributed by atoms with van der Waals surface area (Å²) >= 11 is 0. The number of hydrogen-bond donors (Lipinski definition) is 1. The Kier molecular flexibility index (Phi) is 5.26. The molecule has 110 valence electrons. The summed E-state index contributed by atoms with van der Waals surface area (Å²) in [6.07, 6.45) is 2.21. The van der Waals surface area contributed by atoms with Crippen LogP contribution in [0.25, 0.3) is 0 Å². The van der Waals surface area contributed by atoms with Crippen LogP contribution in [-0.4, -0.2) is 21.9 Å². The third kappa shape index (κ3) is 4.56. The first-order valence-electron chi connectivity index (χ1n) is 6.98. The lowest BCUT2D eigenvalue weighted by molar-refractivity contribution is 0.0933. The van der Waals surface area contributed by atoms with Gasteiger partial charge in [0.15, 0.2) is 0 Å². The van der Waals surface area contributed by atoms with E-state index in [9.17, 15) is 4.79 Å². The highest BCUT2D eigenvalue weighted by atomic mass is 16.5. The molecule has 0 radical (unpaired) electrons. The molecule has 21 heavy (non-hydrogen) atoms. The van der Waals surface area contributed by atoms with Crippen LogP contribution in [0.3, 0.4) is 0 Å². The first kappa shape index (κ1) is 15.0. The van der Waals surface area contributed by atoms with Crippen molar-refractivity contribution in [2.45, 2.75) is 32.9 Å². The predicted molar refractivity (Wildman–Crippen MR) is 80.0 cm³/mol. The van der Waals surface area contributed by atoms with Crippen LogP contribution in [0.4, 0.5) is 0 Å².